The fourth-order valence-corrected chi connectivity index (χ4v) is 3.82. The predicted octanol–water partition coefficient (Wildman–Crippen LogP) is 2.11. The molecule has 0 saturated heterocycles. The molecule has 5 nitrogen and oxygen atoms in total. The lowest BCUT2D eigenvalue weighted by Gasteiger charge is -2.12. The summed E-state index contributed by atoms with van der Waals surface area (Å²) in [6.45, 7) is 2.41. The fraction of sp³-hybridized carbons (Fsp3) is 0.462. The van der Waals surface area contributed by atoms with E-state index in [9.17, 15) is 8.42 Å². The molecule has 1 N–H and O–H groups in total. The Kier molecular flexibility index (Phi) is 4.68. The van der Waals surface area contributed by atoms with Crippen LogP contribution in [0.1, 0.15) is 24.5 Å². The van der Waals surface area contributed by atoms with Crippen molar-refractivity contribution in [3.05, 3.63) is 27.7 Å². The maximum atomic E-state index is 12.0. The second kappa shape index (κ2) is 6.12. The normalized spacial score (nSPS) is 15.2. The second-order valence-corrected chi connectivity index (χ2v) is 7.41. The largest absolute Gasteiger partial charge is 0.493 e. The number of rotatable bonds is 5. The van der Waals surface area contributed by atoms with Gasteiger partial charge in [-0.15, -0.1) is 0 Å². The SMILES string of the molecule is CCC(C#N)S(=O)(=O)NCc1cc(Br)cc2c1OCC2. The van der Waals surface area contributed by atoms with Crippen LogP contribution in [0.4, 0.5) is 0 Å². The third-order valence-electron chi connectivity index (χ3n) is 3.18. The van der Waals surface area contributed by atoms with Crippen molar-refractivity contribution in [1.29, 1.82) is 5.26 Å². The van der Waals surface area contributed by atoms with Gasteiger partial charge in [-0.1, -0.05) is 22.9 Å². The van der Waals surface area contributed by atoms with Gasteiger partial charge in [0.1, 0.15) is 5.75 Å². The molecular weight excluding hydrogens is 344 g/mol. The smallest absolute Gasteiger partial charge is 0.228 e. The second-order valence-electron chi connectivity index (χ2n) is 4.54. The molecule has 0 fully saturated rings. The maximum absolute atomic E-state index is 12.0. The fourth-order valence-electron chi connectivity index (χ4n) is 2.14. The predicted molar refractivity (Wildman–Crippen MR) is 78.8 cm³/mol. The summed E-state index contributed by atoms with van der Waals surface area (Å²) in [5.74, 6) is 0.751. The van der Waals surface area contributed by atoms with Gasteiger partial charge < -0.3 is 4.74 Å². The summed E-state index contributed by atoms with van der Waals surface area (Å²) in [5, 5.41) is 7.83. The van der Waals surface area contributed by atoms with Crippen LogP contribution in [-0.2, 0) is 23.0 Å². The van der Waals surface area contributed by atoms with Gasteiger partial charge >= 0.3 is 0 Å². The van der Waals surface area contributed by atoms with E-state index in [1.54, 1.807) is 13.0 Å². The van der Waals surface area contributed by atoms with Crippen LogP contribution in [0, 0.1) is 11.3 Å². The Morgan fingerprint density at radius 2 is 2.30 bits per heavy atom. The molecule has 1 heterocycles. The molecule has 1 unspecified atom stereocenters. The Bertz CT molecular complexity index is 652. The third kappa shape index (κ3) is 3.14. The Morgan fingerprint density at radius 3 is 2.95 bits per heavy atom. The van der Waals surface area contributed by atoms with Crippen LogP contribution in [0.2, 0.25) is 0 Å². The lowest BCUT2D eigenvalue weighted by molar-refractivity contribution is 0.353. The zero-order valence-corrected chi connectivity index (χ0v) is 13.4. The molecule has 0 aliphatic carbocycles. The van der Waals surface area contributed by atoms with E-state index in [-0.39, 0.29) is 13.0 Å². The lowest BCUT2D eigenvalue weighted by Crippen LogP contribution is -2.32. The molecule has 1 aliphatic rings. The Hall–Kier alpha value is -1.10. The van der Waals surface area contributed by atoms with Gasteiger partial charge in [0.15, 0.2) is 5.25 Å². The van der Waals surface area contributed by atoms with E-state index in [1.807, 2.05) is 12.1 Å². The third-order valence-corrected chi connectivity index (χ3v) is 5.37. The van der Waals surface area contributed by atoms with Crippen LogP contribution in [0.5, 0.6) is 5.75 Å². The van der Waals surface area contributed by atoms with Crippen molar-refractivity contribution in [2.75, 3.05) is 6.61 Å². The topological polar surface area (TPSA) is 79.2 Å². The standard InChI is InChI=1S/C13H15BrN2O3S/c1-2-12(7-15)20(17,18)16-8-10-6-11(14)5-9-3-4-19-13(9)10/h5-6,12,16H,2-4,8H2,1H3. The first-order valence-electron chi connectivity index (χ1n) is 6.30. The first-order chi connectivity index (χ1) is 9.47. The summed E-state index contributed by atoms with van der Waals surface area (Å²) in [4.78, 5) is 0. The minimum atomic E-state index is -3.63. The maximum Gasteiger partial charge on any atom is 0.228 e. The van der Waals surface area contributed by atoms with Crippen molar-refractivity contribution < 1.29 is 13.2 Å². The average molecular weight is 359 g/mol. The molecule has 0 spiro atoms. The summed E-state index contributed by atoms with van der Waals surface area (Å²) in [6, 6.07) is 5.61. The zero-order chi connectivity index (χ0) is 14.8. The van der Waals surface area contributed by atoms with E-state index in [0.717, 1.165) is 27.8 Å². The average Bonchev–Trinajstić information content (AvgIpc) is 2.85. The van der Waals surface area contributed by atoms with E-state index < -0.39 is 15.3 Å². The number of hydrogen-bond donors (Lipinski definition) is 1. The number of halogens is 1. The number of nitrogens with one attached hydrogen (secondary N) is 1. The van der Waals surface area contributed by atoms with Crippen molar-refractivity contribution in [2.24, 2.45) is 0 Å². The van der Waals surface area contributed by atoms with E-state index in [4.69, 9.17) is 10.00 Å². The molecule has 0 bridgehead atoms. The highest BCUT2D eigenvalue weighted by Gasteiger charge is 2.24. The molecular formula is C13H15BrN2O3S. The van der Waals surface area contributed by atoms with Crippen molar-refractivity contribution in [3.63, 3.8) is 0 Å². The lowest BCUT2D eigenvalue weighted by atomic mass is 10.1. The first-order valence-corrected chi connectivity index (χ1v) is 8.64. The molecule has 0 aromatic heterocycles. The van der Waals surface area contributed by atoms with Gasteiger partial charge in [0.25, 0.3) is 0 Å². The Morgan fingerprint density at radius 1 is 1.55 bits per heavy atom. The number of sulfonamides is 1. The van der Waals surface area contributed by atoms with Crippen molar-refractivity contribution >= 4 is 26.0 Å². The summed E-state index contributed by atoms with van der Waals surface area (Å²) in [5.41, 5.74) is 1.85. The quantitative estimate of drug-likeness (QED) is 0.873. The van der Waals surface area contributed by atoms with Gasteiger partial charge in [-0.3, -0.25) is 0 Å². The monoisotopic (exact) mass is 358 g/mol. The van der Waals surface area contributed by atoms with Gasteiger partial charge in [0, 0.05) is 23.0 Å². The van der Waals surface area contributed by atoms with Crippen LogP contribution in [0.25, 0.3) is 0 Å². The van der Waals surface area contributed by atoms with Gasteiger partial charge in [0.05, 0.1) is 12.7 Å². The highest BCUT2D eigenvalue weighted by Crippen LogP contribution is 2.33. The summed E-state index contributed by atoms with van der Waals surface area (Å²) >= 11 is 3.41. The number of nitrogens with zero attached hydrogens (tertiary/aromatic N) is 1. The Labute approximate surface area is 127 Å². The Balaban J connectivity index is 2.19. The van der Waals surface area contributed by atoms with Crippen molar-refractivity contribution in [2.45, 2.75) is 31.6 Å². The van der Waals surface area contributed by atoms with E-state index in [0.29, 0.717) is 6.61 Å². The number of fused-ring (bicyclic) bond motifs is 1. The molecule has 108 valence electrons. The number of hydrogen-bond acceptors (Lipinski definition) is 4. The summed E-state index contributed by atoms with van der Waals surface area (Å²) in [6.07, 6.45) is 1.09. The first kappa shape index (κ1) is 15.3. The van der Waals surface area contributed by atoms with Crippen LogP contribution >= 0.6 is 15.9 Å². The van der Waals surface area contributed by atoms with E-state index >= 15 is 0 Å². The summed E-state index contributed by atoms with van der Waals surface area (Å²) in [7, 11) is -3.63. The molecule has 0 amide bonds. The highest BCUT2D eigenvalue weighted by atomic mass is 79.9. The molecule has 0 saturated carbocycles. The summed E-state index contributed by atoms with van der Waals surface area (Å²) < 4.78 is 32.8. The number of nitriles is 1. The number of ether oxygens (including phenoxy) is 1. The molecule has 1 aromatic rings. The van der Waals surface area contributed by atoms with Crippen LogP contribution in [0.15, 0.2) is 16.6 Å². The molecule has 20 heavy (non-hydrogen) atoms. The van der Waals surface area contributed by atoms with Gasteiger partial charge in [-0.05, 0) is 24.1 Å². The molecule has 0 radical (unpaired) electrons. The van der Waals surface area contributed by atoms with E-state index in [2.05, 4.69) is 20.7 Å². The van der Waals surface area contributed by atoms with Gasteiger partial charge in [-0.25, -0.2) is 13.1 Å². The van der Waals surface area contributed by atoms with Crippen molar-refractivity contribution in [1.82, 2.24) is 4.72 Å². The van der Waals surface area contributed by atoms with Crippen LogP contribution in [-0.4, -0.2) is 20.3 Å². The zero-order valence-electron chi connectivity index (χ0n) is 11.0. The molecule has 2 rings (SSSR count). The molecule has 7 heteroatoms. The highest BCUT2D eigenvalue weighted by molar-refractivity contribution is 9.10. The minimum absolute atomic E-state index is 0.127. The van der Waals surface area contributed by atoms with Crippen LogP contribution < -0.4 is 9.46 Å². The van der Waals surface area contributed by atoms with Gasteiger partial charge in [0.2, 0.25) is 10.0 Å². The van der Waals surface area contributed by atoms with Crippen LogP contribution in [0.3, 0.4) is 0 Å². The van der Waals surface area contributed by atoms with Crippen molar-refractivity contribution in [3.8, 4) is 11.8 Å². The molecule has 1 aliphatic heterocycles. The number of benzene rings is 1. The minimum Gasteiger partial charge on any atom is -0.493 e. The van der Waals surface area contributed by atoms with E-state index in [1.165, 1.54) is 0 Å². The van der Waals surface area contributed by atoms with Gasteiger partial charge in [-0.2, -0.15) is 5.26 Å². The molecule has 1 atom stereocenters. The molecule has 1 aromatic carbocycles.